The van der Waals surface area contributed by atoms with Crippen molar-refractivity contribution in [2.45, 2.75) is 27.7 Å². The van der Waals surface area contributed by atoms with Crippen molar-refractivity contribution < 1.29 is 9.90 Å². The third-order valence-electron chi connectivity index (χ3n) is 3.56. The highest BCUT2D eigenvalue weighted by molar-refractivity contribution is 5.99. The lowest BCUT2D eigenvalue weighted by molar-refractivity contribution is 0.0697. The van der Waals surface area contributed by atoms with Crippen molar-refractivity contribution in [3.63, 3.8) is 0 Å². The lowest BCUT2D eigenvalue weighted by Gasteiger charge is -2.22. The van der Waals surface area contributed by atoms with Crippen LogP contribution in [-0.4, -0.2) is 29.1 Å². The van der Waals surface area contributed by atoms with E-state index in [1.807, 2.05) is 44.7 Å². The summed E-state index contributed by atoms with van der Waals surface area (Å²) in [6, 6.07) is 5.79. The molecule has 1 aromatic carbocycles. The fourth-order valence-corrected chi connectivity index (χ4v) is 2.54. The molecule has 0 aliphatic carbocycles. The van der Waals surface area contributed by atoms with Gasteiger partial charge in [-0.2, -0.15) is 0 Å². The number of carboxylic acid groups (broad SMARTS) is 1. The number of carboxylic acids is 1. The van der Waals surface area contributed by atoms with Crippen molar-refractivity contribution in [2.24, 2.45) is 0 Å². The van der Waals surface area contributed by atoms with Gasteiger partial charge in [0.25, 0.3) is 0 Å². The van der Waals surface area contributed by atoms with Gasteiger partial charge in [0, 0.05) is 18.5 Å². The fraction of sp³-hybridized carbons (Fsp3) is 0.375. The van der Waals surface area contributed by atoms with Gasteiger partial charge in [0.05, 0.1) is 5.52 Å². The Morgan fingerprint density at radius 3 is 2.40 bits per heavy atom. The first-order chi connectivity index (χ1) is 9.47. The average Bonchev–Trinajstić information content (AvgIpc) is 2.38. The van der Waals surface area contributed by atoms with E-state index >= 15 is 0 Å². The molecule has 0 radical (unpaired) electrons. The van der Waals surface area contributed by atoms with Gasteiger partial charge >= 0.3 is 5.97 Å². The molecule has 2 rings (SSSR count). The van der Waals surface area contributed by atoms with Crippen molar-refractivity contribution in [1.29, 1.82) is 0 Å². The number of hydrogen-bond donors (Lipinski definition) is 1. The quantitative estimate of drug-likeness (QED) is 0.926. The molecule has 0 aliphatic heterocycles. The summed E-state index contributed by atoms with van der Waals surface area (Å²) < 4.78 is 0. The normalized spacial score (nSPS) is 10.8. The molecule has 1 heterocycles. The van der Waals surface area contributed by atoms with Crippen LogP contribution in [0.25, 0.3) is 10.9 Å². The number of anilines is 1. The summed E-state index contributed by atoms with van der Waals surface area (Å²) in [6.07, 6.45) is 0. The first-order valence-electron chi connectivity index (χ1n) is 6.88. The van der Waals surface area contributed by atoms with Crippen LogP contribution in [0.2, 0.25) is 0 Å². The van der Waals surface area contributed by atoms with Gasteiger partial charge in [-0.3, -0.25) is 0 Å². The standard InChI is InChI=1S/C16H20N2O2/c1-5-18(6-2)15-13(16(19)20)9-12-11(4)7-10(3)8-14(12)17-15/h7-9H,5-6H2,1-4H3,(H,19,20). The first kappa shape index (κ1) is 14.3. The number of pyridine rings is 1. The molecule has 0 bridgehead atoms. The minimum Gasteiger partial charge on any atom is -0.478 e. The largest absolute Gasteiger partial charge is 0.478 e. The number of fused-ring (bicyclic) bond motifs is 1. The predicted molar refractivity (Wildman–Crippen MR) is 81.7 cm³/mol. The van der Waals surface area contributed by atoms with Crippen LogP contribution in [-0.2, 0) is 0 Å². The van der Waals surface area contributed by atoms with E-state index in [0.29, 0.717) is 5.82 Å². The zero-order valence-electron chi connectivity index (χ0n) is 12.4. The lowest BCUT2D eigenvalue weighted by atomic mass is 10.0. The first-order valence-corrected chi connectivity index (χ1v) is 6.88. The smallest absolute Gasteiger partial charge is 0.339 e. The van der Waals surface area contributed by atoms with Crippen molar-refractivity contribution in [2.75, 3.05) is 18.0 Å². The number of aryl methyl sites for hydroxylation is 2. The molecule has 0 atom stereocenters. The van der Waals surface area contributed by atoms with Crippen molar-refractivity contribution >= 4 is 22.7 Å². The molecule has 0 amide bonds. The van der Waals surface area contributed by atoms with Crippen molar-refractivity contribution in [1.82, 2.24) is 4.98 Å². The van der Waals surface area contributed by atoms with E-state index < -0.39 is 5.97 Å². The number of benzene rings is 1. The molecule has 4 nitrogen and oxygen atoms in total. The van der Waals surface area contributed by atoms with Gasteiger partial charge in [0.1, 0.15) is 11.4 Å². The summed E-state index contributed by atoms with van der Waals surface area (Å²) in [5, 5.41) is 10.4. The third kappa shape index (κ3) is 2.46. The van der Waals surface area contributed by atoms with Crippen LogP contribution in [0.3, 0.4) is 0 Å². The average molecular weight is 272 g/mol. The number of aromatic carboxylic acids is 1. The van der Waals surface area contributed by atoms with Crippen molar-refractivity contribution in [3.05, 3.63) is 34.9 Å². The number of rotatable bonds is 4. The summed E-state index contributed by atoms with van der Waals surface area (Å²) in [6.45, 7) is 9.49. The predicted octanol–water partition coefficient (Wildman–Crippen LogP) is 3.40. The van der Waals surface area contributed by atoms with Crippen LogP contribution in [0.15, 0.2) is 18.2 Å². The van der Waals surface area contributed by atoms with Crippen LogP contribution >= 0.6 is 0 Å². The van der Waals surface area contributed by atoms with Gasteiger partial charge in [-0.25, -0.2) is 9.78 Å². The highest BCUT2D eigenvalue weighted by Gasteiger charge is 2.18. The number of carbonyl (C=O) groups is 1. The maximum Gasteiger partial charge on any atom is 0.339 e. The molecule has 4 heteroatoms. The second kappa shape index (κ2) is 5.49. The molecular weight excluding hydrogens is 252 g/mol. The second-order valence-corrected chi connectivity index (χ2v) is 4.99. The van der Waals surface area contributed by atoms with E-state index in [0.717, 1.165) is 35.1 Å². The maximum atomic E-state index is 11.5. The molecule has 2 aromatic rings. The Morgan fingerprint density at radius 1 is 1.20 bits per heavy atom. The summed E-state index contributed by atoms with van der Waals surface area (Å²) in [4.78, 5) is 18.1. The molecule has 0 fully saturated rings. The molecule has 0 aliphatic rings. The Balaban J connectivity index is 2.78. The summed E-state index contributed by atoms with van der Waals surface area (Å²) in [7, 11) is 0. The van der Waals surface area contributed by atoms with E-state index in [4.69, 9.17) is 0 Å². The van der Waals surface area contributed by atoms with Crippen LogP contribution < -0.4 is 4.90 Å². The van der Waals surface area contributed by atoms with Gasteiger partial charge < -0.3 is 10.0 Å². The van der Waals surface area contributed by atoms with Crippen molar-refractivity contribution in [3.8, 4) is 0 Å². The highest BCUT2D eigenvalue weighted by atomic mass is 16.4. The van der Waals surface area contributed by atoms with Crippen LogP contribution in [0, 0.1) is 13.8 Å². The van der Waals surface area contributed by atoms with E-state index in [-0.39, 0.29) is 5.56 Å². The number of nitrogens with zero attached hydrogens (tertiary/aromatic N) is 2. The van der Waals surface area contributed by atoms with E-state index in [9.17, 15) is 9.90 Å². The lowest BCUT2D eigenvalue weighted by Crippen LogP contribution is -2.25. The molecular formula is C16H20N2O2. The molecule has 0 saturated carbocycles. The number of aromatic nitrogens is 1. The topological polar surface area (TPSA) is 53.4 Å². The Kier molecular flexibility index (Phi) is 3.93. The summed E-state index contributed by atoms with van der Waals surface area (Å²) >= 11 is 0. The Bertz CT molecular complexity index is 661. The zero-order chi connectivity index (χ0) is 14.9. The minimum atomic E-state index is -0.929. The SMILES string of the molecule is CCN(CC)c1nc2cc(C)cc(C)c2cc1C(=O)O. The van der Waals surface area contributed by atoms with Gasteiger partial charge in [0.15, 0.2) is 0 Å². The molecule has 0 unspecified atom stereocenters. The van der Waals surface area contributed by atoms with Crippen LogP contribution in [0.4, 0.5) is 5.82 Å². The van der Waals surface area contributed by atoms with E-state index in [2.05, 4.69) is 4.98 Å². The van der Waals surface area contributed by atoms with Gasteiger partial charge in [0.2, 0.25) is 0 Å². The Morgan fingerprint density at radius 2 is 1.85 bits per heavy atom. The molecule has 20 heavy (non-hydrogen) atoms. The number of hydrogen-bond acceptors (Lipinski definition) is 3. The van der Waals surface area contributed by atoms with Gasteiger partial charge in [-0.15, -0.1) is 0 Å². The third-order valence-corrected chi connectivity index (χ3v) is 3.56. The summed E-state index contributed by atoms with van der Waals surface area (Å²) in [5.74, 6) is -0.374. The maximum absolute atomic E-state index is 11.5. The minimum absolute atomic E-state index is 0.271. The summed E-state index contributed by atoms with van der Waals surface area (Å²) in [5.41, 5.74) is 3.32. The Hall–Kier alpha value is -2.10. The molecule has 0 spiro atoms. The molecule has 1 N–H and O–H groups in total. The van der Waals surface area contributed by atoms with Gasteiger partial charge in [-0.1, -0.05) is 6.07 Å². The van der Waals surface area contributed by atoms with Gasteiger partial charge in [-0.05, 0) is 51.0 Å². The highest BCUT2D eigenvalue weighted by Crippen LogP contribution is 2.26. The van der Waals surface area contributed by atoms with Crippen LogP contribution in [0.1, 0.15) is 35.3 Å². The molecule has 106 valence electrons. The van der Waals surface area contributed by atoms with E-state index in [1.165, 1.54) is 0 Å². The zero-order valence-corrected chi connectivity index (χ0v) is 12.4. The fourth-order valence-electron chi connectivity index (χ4n) is 2.54. The Labute approximate surface area is 119 Å². The molecule has 0 saturated heterocycles. The molecule has 1 aromatic heterocycles. The monoisotopic (exact) mass is 272 g/mol. The van der Waals surface area contributed by atoms with E-state index in [1.54, 1.807) is 6.07 Å². The van der Waals surface area contributed by atoms with Crippen LogP contribution in [0.5, 0.6) is 0 Å². The second-order valence-electron chi connectivity index (χ2n) is 4.99.